The van der Waals surface area contributed by atoms with Gasteiger partial charge in [0.05, 0.1) is 19.3 Å². The zero-order valence-corrected chi connectivity index (χ0v) is 13.2. The fraction of sp³-hybridized carbons (Fsp3) is 0.625. The Morgan fingerprint density at radius 1 is 1.20 bits per heavy atom. The highest BCUT2D eigenvalue weighted by Gasteiger charge is 2.03. The number of thioether (sulfide) groups is 1. The van der Waals surface area contributed by atoms with Crippen LogP contribution in [0.2, 0.25) is 0 Å². The molecule has 1 rings (SSSR count). The van der Waals surface area contributed by atoms with Crippen LogP contribution in [0.25, 0.3) is 0 Å². The van der Waals surface area contributed by atoms with Crippen molar-refractivity contribution >= 4 is 11.8 Å². The maximum absolute atomic E-state index is 9.78. The molecular formula is C16H27NO2S. The summed E-state index contributed by atoms with van der Waals surface area (Å²) < 4.78 is 5.50. The fourth-order valence-electron chi connectivity index (χ4n) is 1.89. The number of aliphatic hydroxyl groups excluding tert-OH is 1. The number of rotatable bonds is 12. The van der Waals surface area contributed by atoms with Gasteiger partial charge in [0.2, 0.25) is 0 Å². The first-order valence-corrected chi connectivity index (χ1v) is 8.71. The minimum absolute atomic E-state index is 0.383. The SMILES string of the molecule is CSCCCCCNCC(O)COCc1ccccc1. The molecule has 1 aromatic rings. The predicted octanol–water partition coefficient (Wildman–Crippen LogP) is 2.69. The summed E-state index contributed by atoms with van der Waals surface area (Å²) in [6.07, 6.45) is 5.44. The third kappa shape index (κ3) is 9.37. The van der Waals surface area contributed by atoms with Crippen LogP contribution in [0, 0.1) is 0 Å². The van der Waals surface area contributed by atoms with Crippen LogP contribution in [0.15, 0.2) is 30.3 Å². The lowest BCUT2D eigenvalue weighted by molar-refractivity contribution is 0.0289. The van der Waals surface area contributed by atoms with Crippen molar-refractivity contribution in [1.82, 2.24) is 5.32 Å². The van der Waals surface area contributed by atoms with E-state index in [2.05, 4.69) is 11.6 Å². The molecule has 0 aliphatic heterocycles. The Morgan fingerprint density at radius 3 is 2.75 bits per heavy atom. The Bertz CT molecular complexity index is 322. The van der Waals surface area contributed by atoms with Crippen molar-refractivity contribution < 1.29 is 9.84 Å². The van der Waals surface area contributed by atoms with Crippen molar-refractivity contribution in [1.29, 1.82) is 0 Å². The largest absolute Gasteiger partial charge is 0.389 e. The molecule has 0 aromatic heterocycles. The Hall–Kier alpha value is -0.550. The Labute approximate surface area is 127 Å². The molecule has 20 heavy (non-hydrogen) atoms. The summed E-state index contributed by atoms with van der Waals surface area (Å²) in [5.41, 5.74) is 1.14. The second kappa shape index (κ2) is 12.2. The van der Waals surface area contributed by atoms with Crippen molar-refractivity contribution in [3.8, 4) is 0 Å². The van der Waals surface area contributed by atoms with E-state index in [9.17, 15) is 5.11 Å². The molecule has 3 nitrogen and oxygen atoms in total. The number of aliphatic hydroxyl groups is 1. The van der Waals surface area contributed by atoms with Gasteiger partial charge in [0.1, 0.15) is 0 Å². The molecule has 1 aromatic carbocycles. The molecule has 0 saturated carbocycles. The van der Waals surface area contributed by atoms with Crippen LogP contribution in [-0.2, 0) is 11.3 Å². The molecule has 0 aliphatic rings. The molecule has 1 unspecified atom stereocenters. The van der Waals surface area contributed by atoms with Gasteiger partial charge in [-0.2, -0.15) is 11.8 Å². The van der Waals surface area contributed by atoms with E-state index in [0.717, 1.165) is 12.1 Å². The van der Waals surface area contributed by atoms with Gasteiger partial charge in [-0.1, -0.05) is 36.8 Å². The van der Waals surface area contributed by atoms with Crippen LogP contribution in [-0.4, -0.2) is 42.9 Å². The van der Waals surface area contributed by atoms with Crippen molar-refractivity contribution in [2.24, 2.45) is 0 Å². The number of unbranched alkanes of at least 4 members (excludes halogenated alkanes) is 2. The third-order valence-electron chi connectivity index (χ3n) is 3.00. The molecule has 114 valence electrons. The summed E-state index contributed by atoms with van der Waals surface area (Å²) in [5.74, 6) is 1.25. The zero-order valence-electron chi connectivity index (χ0n) is 12.4. The molecule has 0 heterocycles. The Kier molecular flexibility index (Phi) is 10.7. The Balaban J connectivity index is 1.91. The topological polar surface area (TPSA) is 41.5 Å². The van der Waals surface area contributed by atoms with Crippen molar-refractivity contribution in [2.75, 3.05) is 31.7 Å². The van der Waals surface area contributed by atoms with Crippen LogP contribution in [0.3, 0.4) is 0 Å². The van der Waals surface area contributed by atoms with E-state index in [4.69, 9.17) is 4.74 Å². The molecule has 0 aliphatic carbocycles. The van der Waals surface area contributed by atoms with Gasteiger partial charge in [-0.15, -0.1) is 0 Å². The first-order valence-electron chi connectivity index (χ1n) is 7.32. The summed E-state index contributed by atoms with van der Waals surface area (Å²) in [5, 5.41) is 13.1. The maximum Gasteiger partial charge on any atom is 0.0897 e. The minimum atomic E-state index is -0.426. The number of hydrogen-bond donors (Lipinski definition) is 2. The summed E-state index contributed by atoms with van der Waals surface area (Å²) >= 11 is 1.90. The third-order valence-corrected chi connectivity index (χ3v) is 3.70. The van der Waals surface area contributed by atoms with E-state index in [1.165, 1.54) is 25.0 Å². The van der Waals surface area contributed by atoms with E-state index < -0.39 is 6.10 Å². The highest BCUT2D eigenvalue weighted by Crippen LogP contribution is 2.02. The van der Waals surface area contributed by atoms with Crippen LogP contribution in [0.5, 0.6) is 0 Å². The quantitative estimate of drug-likeness (QED) is 0.582. The predicted molar refractivity (Wildman–Crippen MR) is 87.2 cm³/mol. The highest BCUT2D eigenvalue weighted by molar-refractivity contribution is 7.98. The zero-order chi connectivity index (χ0) is 14.5. The number of benzene rings is 1. The van der Waals surface area contributed by atoms with Gasteiger partial charge in [0.25, 0.3) is 0 Å². The maximum atomic E-state index is 9.78. The lowest BCUT2D eigenvalue weighted by Crippen LogP contribution is -2.31. The lowest BCUT2D eigenvalue weighted by atomic mass is 10.2. The second-order valence-corrected chi connectivity index (χ2v) is 5.90. The molecule has 4 heteroatoms. The number of nitrogens with one attached hydrogen (secondary N) is 1. The molecular weight excluding hydrogens is 270 g/mol. The van der Waals surface area contributed by atoms with E-state index in [0.29, 0.717) is 19.8 Å². The molecule has 2 N–H and O–H groups in total. The van der Waals surface area contributed by atoms with Crippen LogP contribution in [0.1, 0.15) is 24.8 Å². The first kappa shape index (κ1) is 17.5. The number of ether oxygens (including phenoxy) is 1. The van der Waals surface area contributed by atoms with Gasteiger partial charge in [-0.3, -0.25) is 0 Å². The first-order chi connectivity index (χ1) is 9.83. The second-order valence-electron chi connectivity index (χ2n) is 4.91. The van der Waals surface area contributed by atoms with Gasteiger partial charge in [-0.05, 0) is 37.0 Å². The average Bonchev–Trinajstić information content (AvgIpc) is 2.47. The van der Waals surface area contributed by atoms with E-state index >= 15 is 0 Å². The van der Waals surface area contributed by atoms with E-state index in [1.54, 1.807) is 0 Å². The van der Waals surface area contributed by atoms with Gasteiger partial charge >= 0.3 is 0 Å². The monoisotopic (exact) mass is 297 g/mol. The Morgan fingerprint density at radius 2 is 2.00 bits per heavy atom. The molecule has 0 fully saturated rings. The number of hydrogen-bond acceptors (Lipinski definition) is 4. The van der Waals surface area contributed by atoms with Crippen molar-refractivity contribution in [3.63, 3.8) is 0 Å². The van der Waals surface area contributed by atoms with Crippen LogP contribution in [0.4, 0.5) is 0 Å². The summed E-state index contributed by atoms with van der Waals surface area (Å²) in [6.45, 7) is 2.53. The highest BCUT2D eigenvalue weighted by atomic mass is 32.2. The molecule has 0 bridgehead atoms. The van der Waals surface area contributed by atoms with E-state index in [-0.39, 0.29) is 0 Å². The fourth-order valence-corrected chi connectivity index (χ4v) is 2.38. The van der Waals surface area contributed by atoms with Gasteiger partial charge < -0.3 is 15.2 Å². The van der Waals surface area contributed by atoms with Gasteiger partial charge in [0, 0.05) is 6.54 Å². The average molecular weight is 297 g/mol. The molecule has 0 spiro atoms. The smallest absolute Gasteiger partial charge is 0.0897 e. The van der Waals surface area contributed by atoms with E-state index in [1.807, 2.05) is 42.1 Å². The lowest BCUT2D eigenvalue weighted by Gasteiger charge is -2.12. The molecule has 0 amide bonds. The van der Waals surface area contributed by atoms with Crippen molar-refractivity contribution in [3.05, 3.63) is 35.9 Å². The molecule has 0 radical (unpaired) electrons. The summed E-state index contributed by atoms with van der Waals surface area (Å²) in [4.78, 5) is 0. The summed E-state index contributed by atoms with van der Waals surface area (Å²) in [7, 11) is 0. The van der Waals surface area contributed by atoms with Gasteiger partial charge in [0.15, 0.2) is 0 Å². The molecule has 1 atom stereocenters. The summed E-state index contributed by atoms with van der Waals surface area (Å²) in [6, 6.07) is 10.0. The van der Waals surface area contributed by atoms with Crippen LogP contribution < -0.4 is 5.32 Å². The van der Waals surface area contributed by atoms with Crippen LogP contribution >= 0.6 is 11.8 Å². The normalized spacial score (nSPS) is 12.5. The van der Waals surface area contributed by atoms with Gasteiger partial charge in [-0.25, -0.2) is 0 Å². The molecule has 0 saturated heterocycles. The minimum Gasteiger partial charge on any atom is -0.389 e. The standard InChI is InChI=1S/C16H27NO2S/c1-20-11-7-3-6-10-17-12-16(18)14-19-13-15-8-4-2-5-9-15/h2,4-5,8-9,16-18H,3,6-7,10-14H2,1H3. The van der Waals surface area contributed by atoms with Crippen molar-refractivity contribution in [2.45, 2.75) is 32.0 Å².